The Hall–Kier alpha value is -0.120. The highest BCUT2D eigenvalue weighted by atomic mass is 16.5. The van der Waals surface area contributed by atoms with Crippen LogP contribution < -0.4 is 5.73 Å². The van der Waals surface area contributed by atoms with Gasteiger partial charge in [0.2, 0.25) is 0 Å². The Bertz CT molecular complexity index is 234. The van der Waals surface area contributed by atoms with Crippen molar-refractivity contribution in [2.24, 2.45) is 5.73 Å². The summed E-state index contributed by atoms with van der Waals surface area (Å²) in [5.74, 6) is 0. The average molecular weight is 344 g/mol. The van der Waals surface area contributed by atoms with Crippen LogP contribution in [0.5, 0.6) is 0 Å². The zero-order valence-corrected chi connectivity index (χ0v) is 16.4. The van der Waals surface area contributed by atoms with E-state index in [4.69, 9.17) is 15.9 Å². The quantitative estimate of drug-likeness (QED) is 0.209. The second-order valence-electron chi connectivity index (χ2n) is 7.56. The standard InChI is InChI=1S/C21H45NO2/c1-2-3-4-5-6-7-8-9-10-11-12-13-14-15-16-17-20(22)18-19-21(23)24/h20-21,23-24H,2-19,22H2,1H3. The van der Waals surface area contributed by atoms with Crippen molar-refractivity contribution in [3.05, 3.63) is 0 Å². The molecule has 0 amide bonds. The molecule has 0 aliphatic carbocycles. The van der Waals surface area contributed by atoms with Crippen molar-refractivity contribution in [3.63, 3.8) is 0 Å². The van der Waals surface area contributed by atoms with Crippen LogP contribution >= 0.6 is 0 Å². The van der Waals surface area contributed by atoms with Gasteiger partial charge in [0.1, 0.15) is 0 Å². The number of rotatable bonds is 19. The maximum Gasteiger partial charge on any atom is 0.151 e. The van der Waals surface area contributed by atoms with Gasteiger partial charge in [-0.3, -0.25) is 0 Å². The minimum Gasteiger partial charge on any atom is -0.368 e. The van der Waals surface area contributed by atoms with E-state index in [1.807, 2.05) is 0 Å². The molecule has 1 unspecified atom stereocenters. The first-order chi connectivity index (χ1) is 11.7. The van der Waals surface area contributed by atoms with Gasteiger partial charge in [-0.15, -0.1) is 0 Å². The highest BCUT2D eigenvalue weighted by Crippen LogP contribution is 2.14. The van der Waals surface area contributed by atoms with Gasteiger partial charge < -0.3 is 15.9 Å². The predicted molar refractivity (Wildman–Crippen MR) is 105 cm³/mol. The monoisotopic (exact) mass is 343 g/mol. The van der Waals surface area contributed by atoms with Crippen molar-refractivity contribution in [1.82, 2.24) is 0 Å². The number of hydrogen-bond acceptors (Lipinski definition) is 3. The lowest BCUT2D eigenvalue weighted by Crippen LogP contribution is -2.21. The summed E-state index contributed by atoms with van der Waals surface area (Å²) in [6, 6.07) is 0.133. The fraction of sp³-hybridized carbons (Fsp3) is 1.00. The maximum absolute atomic E-state index is 8.81. The Morgan fingerprint density at radius 2 is 0.917 bits per heavy atom. The Morgan fingerprint density at radius 3 is 1.29 bits per heavy atom. The minimum atomic E-state index is -1.20. The van der Waals surface area contributed by atoms with Gasteiger partial charge in [-0.25, -0.2) is 0 Å². The third-order valence-electron chi connectivity index (χ3n) is 4.97. The van der Waals surface area contributed by atoms with Gasteiger partial charge in [0.05, 0.1) is 0 Å². The topological polar surface area (TPSA) is 66.5 Å². The van der Waals surface area contributed by atoms with Gasteiger partial charge in [0.15, 0.2) is 6.29 Å². The lowest BCUT2D eigenvalue weighted by molar-refractivity contribution is -0.0474. The molecule has 0 aromatic carbocycles. The average Bonchev–Trinajstić information content (AvgIpc) is 2.56. The van der Waals surface area contributed by atoms with E-state index in [-0.39, 0.29) is 6.04 Å². The van der Waals surface area contributed by atoms with Crippen LogP contribution in [-0.4, -0.2) is 22.5 Å². The second-order valence-corrected chi connectivity index (χ2v) is 7.56. The Labute approximate surface area is 151 Å². The van der Waals surface area contributed by atoms with Crippen LogP contribution in [-0.2, 0) is 0 Å². The minimum absolute atomic E-state index is 0.133. The fourth-order valence-corrected chi connectivity index (χ4v) is 3.29. The van der Waals surface area contributed by atoms with Crippen molar-refractivity contribution in [2.45, 2.75) is 135 Å². The van der Waals surface area contributed by atoms with E-state index < -0.39 is 6.29 Å². The molecule has 0 saturated carbocycles. The Kier molecular flexibility index (Phi) is 19.1. The zero-order chi connectivity index (χ0) is 17.9. The van der Waals surface area contributed by atoms with E-state index in [0.29, 0.717) is 6.42 Å². The van der Waals surface area contributed by atoms with Crippen LogP contribution in [0.25, 0.3) is 0 Å². The number of nitrogens with two attached hydrogens (primary N) is 1. The predicted octanol–water partition coefficient (Wildman–Crippen LogP) is 5.67. The largest absolute Gasteiger partial charge is 0.368 e. The van der Waals surface area contributed by atoms with E-state index in [9.17, 15) is 0 Å². The molecule has 24 heavy (non-hydrogen) atoms. The van der Waals surface area contributed by atoms with E-state index in [2.05, 4.69) is 6.92 Å². The van der Waals surface area contributed by atoms with Crippen molar-refractivity contribution < 1.29 is 10.2 Å². The smallest absolute Gasteiger partial charge is 0.151 e. The third kappa shape index (κ3) is 19.9. The third-order valence-corrected chi connectivity index (χ3v) is 4.97. The molecule has 0 bridgehead atoms. The summed E-state index contributed by atoms with van der Waals surface area (Å²) < 4.78 is 0. The van der Waals surface area contributed by atoms with Gasteiger partial charge in [0.25, 0.3) is 0 Å². The van der Waals surface area contributed by atoms with E-state index in [1.165, 1.54) is 96.3 Å². The highest BCUT2D eigenvalue weighted by Gasteiger charge is 2.05. The Balaban J connectivity index is 3.07. The molecule has 0 radical (unpaired) electrons. The molecule has 0 spiro atoms. The normalized spacial score (nSPS) is 12.9. The lowest BCUT2D eigenvalue weighted by atomic mass is 10.0. The van der Waals surface area contributed by atoms with Crippen LogP contribution in [0.3, 0.4) is 0 Å². The maximum atomic E-state index is 8.81. The summed E-state index contributed by atoms with van der Waals surface area (Å²) in [4.78, 5) is 0. The van der Waals surface area contributed by atoms with Crippen LogP contribution in [0.2, 0.25) is 0 Å². The molecule has 0 aromatic rings. The molecule has 0 fully saturated rings. The molecule has 0 aromatic heterocycles. The van der Waals surface area contributed by atoms with Crippen LogP contribution in [0.4, 0.5) is 0 Å². The molecule has 0 aliphatic rings. The number of aliphatic hydroxyl groups is 2. The number of unbranched alkanes of at least 4 members (excludes halogenated alkanes) is 14. The number of aliphatic hydroxyl groups excluding tert-OH is 1. The van der Waals surface area contributed by atoms with E-state index in [1.54, 1.807) is 0 Å². The highest BCUT2D eigenvalue weighted by molar-refractivity contribution is 4.62. The summed E-state index contributed by atoms with van der Waals surface area (Å²) in [5.41, 5.74) is 5.95. The summed E-state index contributed by atoms with van der Waals surface area (Å²) in [6.07, 6.45) is 21.7. The SMILES string of the molecule is CCCCCCCCCCCCCCCCCC(N)CCC(O)O. The van der Waals surface area contributed by atoms with Crippen molar-refractivity contribution >= 4 is 0 Å². The lowest BCUT2D eigenvalue weighted by Gasteiger charge is -2.11. The van der Waals surface area contributed by atoms with Gasteiger partial charge in [-0.05, 0) is 19.3 Å². The molecule has 3 heteroatoms. The number of hydrogen-bond donors (Lipinski definition) is 3. The fourth-order valence-electron chi connectivity index (χ4n) is 3.29. The van der Waals surface area contributed by atoms with Crippen molar-refractivity contribution in [2.75, 3.05) is 0 Å². The molecule has 0 rings (SSSR count). The zero-order valence-electron chi connectivity index (χ0n) is 16.4. The molecule has 1 atom stereocenters. The summed E-state index contributed by atoms with van der Waals surface area (Å²) in [7, 11) is 0. The molecular weight excluding hydrogens is 298 g/mol. The van der Waals surface area contributed by atoms with Gasteiger partial charge in [0, 0.05) is 6.04 Å². The summed E-state index contributed by atoms with van der Waals surface area (Å²) in [5, 5.41) is 17.6. The van der Waals surface area contributed by atoms with Gasteiger partial charge in [-0.2, -0.15) is 0 Å². The summed E-state index contributed by atoms with van der Waals surface area (Å²) in [6.45, 7) is 2.28. The van der Waals surface area contributed by atoms with Crippen molar-refractivity contribution in [1.29, 1.82) is 0 Å². The van der Waals surface area contributed by atoms with Crippen LogP contribution in [0, 0.1) is 0 Å². The Morgan fingerprint density at radius 1 is 0.542 bits per heavy atom. The molecule has 0 aliphatic heterocycles. The van der Waals surface area contributed by atoms with Gasteiger partial charge >= 0.3 is 0 Å². The van der Waals surface area contributed by atoms with Crippen molar-refractivity contribution in [3.8, 4) is 0 Å². The summed E-state index contributed by atoms with van der Waals surface area (Å²) >= 11 is 0. The molecule has 146 valence electrons. The molecular formula is C21H45NO2. The molecule has 0 heterocycles. The van der Waals surface area contributed by atoms with Gasteiger partial charge in [-0.1, -0.05) is 103 Å². The van der Waals surface area contributed by atoms with E-state index in [0.717, 1.165) is 12.8 Å². The molecule has 3 nitrogen and oxygen atoms in total. The first-order valence-electron chi connectivity index (χ1n) is 10.8. The van der Waals surface area contributed by atoms with Crippen LogP contribution in [0.15, 0.2) is 0 Å². The first kappa shape index (κ1) is 23.9. The van der Waals surface area contributed by atoms with Crippen LogP contribution in [0.1, 0.15) is 122 Å². The molecule has 0 saturated heterocycles. The van der Waals surface area contributed by atoms with E-state index >= 15 is 0 Å². The first-order valence-corrected chi connectivity index (χ1v) is 10.8. The molecule has 4 N–H and O–H groups in total. The second kappa shape index (κ2) is 19.2.